The Balaban J connectivity index is 1.47. The normalized spacial score (nSPS) is 16.0. The molecule has 10 heteroatoms. The van der Waals surface area contributed by atoms with Gasteiger partial charge in [-0.2, -0.15) is 0 Å². The van der Waals surface area contributed by atoms with E-state index in [1.165, 1.54) is 11.8 Å². The van der Waals surface area contributed by atoms with E-state index < -0.39 is 12.0 Å². The Bertz CT molecular complexity index is 1520. The molecule has 1 amide bonds. The Kier molecular flexibility index (Phi) is 8.69. The number of carbonyl (C=O) groups excluding carboxylic acids is 2. The summed E-state index contributed by atoms with van der Waals surface area (Å²) in [6.07, 6.45) is 3.46. The molecule has 5 rings (SSSR count). The first-order chi connectivity index (χ1) is 20.0. The maximum Gasteiger partial charge on any atom is 0.338 e. The summed E-state index contributed by atoms with van der Waals surface area (Å²) in [4.78, 5) is 37.5. The molecule has 0 bridgehead atoms. The first-order valence-electron chi connectivity index (χ1n) is 13.0. The van der Waals surface area contributed by atoms with Crippen molar-refractivity contribution in [2.24, 2.45) is 4.99 Å². The van der Waals surface area contributed by atoms with Gasteiger partial charge in [-0.1, -0.05) is 54.2 Å². The van der Waals surface area contributed by atoms with Crippen LogP contribution in [0.15, 0.2) is 100 Å². The fraction of sp³-hybridized carbons (Fsp3) is 0.226. The number of allylic oxidation sites excluding steroid dienone is 1. The standard InChI is InChI=1S/C31H30N4O5S/c1-20-27(30(37)40-18-22-8-5-4-6-9-22)28(24-10-7-11-25(38-2)29(24)39-3)35-23(19-41-31(35)34-20)16-26(36)33-17-21-12-14-32-15-13-21/h4-15,19,28H,16-18H2,1-3H3,(H,33,36). The van der Waals surface area contributed by atoms with Crippen LogP contribution in [0.1, 0.15) is 36.1 Å². The lowest BCUT2D eigenvalue weighted by Gasteiger charge is -2.37. The van der Waals surface area contributed by atoms with Gasteiger partial charge in [0.05, 0.1) is 38.0 Å². The van der Waals surface area contributed by atoms with Gasteiger partial charge in [0.1, 0.15) is 6.61 Å². The van der Waals surface area contributed by atoms with Crippen molar-refractivity contribution >= 4 is 28.8 Å². The Morgan fingerprint density at radius 3 is 2.49 bits per heavy atom. The number of methoxy groups -OCH3 is 2. The molecule has 2 aromatic carbocycles. The van der Waals surface area contributed by atoms with E-state index in [2.05, 4.69) is 10.3 Å². The average molecular weight is 571 g/mol. The van der Waals surface area contributed by atoms with Crippen LogP contribution in [-0.2, 0) is 27.5 Å². The van der Waals surface area contributed by atoms with Gasteiger partial charge in [0.25, 0.3) is 0 Å². The van der Waals surface area contributed by atoms with Crippen LogP contribution in [0, 0.1) is 0 Å². The number of thioether (sulfide) groups is 1. The van der Waals surface area contributed by atoms with E-state index in [1.807, 2.05) is 64.9 Å². The highest BCUT2D eigenvalue weighted by molar-refractivity contribution is 8.16. The second kappa shape index (κ2) is 12.7. The highest BCUT2D eigenvalue weighted by Gasteiger charge is 2.42. The number of ether oxygens (including phenoxy) is 3. The molecular weight excluding hydrogens is 540 g/mol. The van der Waals surface area contributed by atoms with Crippen molar-refractivity contribution in [2.45, 2.75) is 32.5 Å². The van der Waals surface area contributed by atoms with Crippen LogP contribution in [0.4, 0.5) is 0 Å². The van der Waals surface area contributed by atoms with Gasteiger partial charge in [0.2, 0.25) is 5.91 Å². The van der Waals surface area contributed by atoms with Crippen molar-refractivity contribution < 1.29 is 23.8 Å². The summed E-state index contributed by atoms with van der Waals surface area (Å²) in [5.74, 6) is 0.352. The average Bonchev–Trinajstić information content (AvgIpc) is 3.40. The zero-order chi connectivity index (χ0) is 28.8. The SMILES string of the molecule is COc1cccc(C2C(C(=O)OCc3ccccc3)=C(C)N=C3SC=C(CC(=O)NCc4ccncc4)N32)c1OC. The summed E-state index contributed by atoms with van der Waals surface area (Å²) < 4.78 is 17.2. The second-order valence-corrected chi connectivity index (χ2v) is 10.2. The number of carbonyl (C=O) groups is 2. The number of aliphatic imine (C=N–C) groups is 1. The number of pyridine rings is 1. The molecule has 0 aliphatic carbocycles. The molecule has 3 heterocycles. The topological polar surface area (TPSA) is 102 Å². The minimum atomic E-state index is -0.662. The molecule has 2 aliphatic rings. The summed E-state index contributed by atoms with van der Waals surface area (Å²) in [6.45, 7) is 2.29. The second-order valence-electron chi connectivity index (χ2n) is 9.35. The third kappa shape index (κ3) is 6.12. The van der Waals surface area contributed by atoms with Crippen LogP contribution in [0.25, 0.3) is 0 Å². The third-order valence-corrected chi connectivity index (χ3v) is 7.63. The number of nitrogens with one attached hydrogen (secondary N) is 1. The number of fused-ring (bicyclic) bond motifs is 1. The van der Waals surface area contributed by atoms with Crippen LogP contribution in [0.5, 0.6) is 11.5 Å². The number of amides is 1. The van der Waals surface area contributed by atoms with E-state index in [0.29, 0.717) is 45.7 Å². The molecule has 1 atom stereocenters. The predicted molar refractivity (Wildman–Crippen MR) is 157 cm³/mol. The molecule has 0 spiro atoms. The number of aromatic nitrogens is 1. The fourth-order valence-corrected chi connectivity index (χ4v) is 5.75. The highest BCUT2D eigenvalue weighted by Crippen LogP contribution is 2.48. The van der Waals surface area contributed by atoms with Crippen molar-refractivity contribution in [3.8, 4) is 11.5 Å². The van der Waals surface area contributed by atoms with Crippen LogP contribution >= 0.6 is 11.8 Å². The molecule has 210 valence electrons. The Morgan fingerprint density at radius 2 is 1.76 bits per heavy atom. The van der Waals surface area contributed by atoms with Gasteiger partial charge in [-0.15, -0.1) is 0 Å². The Labute approximate surface area is 242 Å². The summed E-state index contributed by atoms with van der Waals surface area (Å²) in [5, 5.41) is 5.53. The maximum atomic E-state index is 13.7. The smallest absolute Gasteiger partial charge is 0.338 e. The largest absolute Gasteiger partial charge is 0.493 e. The molecule has 41 heavy (non-hydrogen) atoms. The number of rotatable bonds is 10. The molecule has 9 nitrogen and oxygen atoms in total. The summed E-state index contributed by atoms with van der Waals surface area (Å²) in [5.41, 5.74) is 4.12. The van der Waals surface area contributed by atoms with Crippen LogP contribution in [0.3, 0.4) is 0 Å². The summed E-state index contributed by atoms with van der Waals surface area (Å²) in [7, 11) is 3.13. The molecule has 0 radical (unpaired) electrons. The van der Waals surface area contributed by atoms with Gasteiger partial charge in [0, 0.05) is 30.2 Å². The first-order valence-corrected chi connectivity index (χ1v) is 13.9. The van der Waals surface area contributed by atoms with Crippen LogP contribution in [0.2, 0.25) is 0 Å². The predicted octanol–water partition coefficient (Wildman–Crippen LogP) is 5.12. The van der Waals surface area contributed by atoms with E-state index >= 15 is 0 Å². The minimum Gasteiger partial charge on any atom is -0.493 e. The number of amidine groups is 1. The summed E-state index contributed by atoms with van der Waals surface area (Å²) in [6, 6.07) is 18.1. The van der Waals surface area contributed by atoms with Gasteiger partial charge >= 0.3 is 5.97 Å². The first kappa shape index (κ1) is 28.0. The third-order valence-electron chi connectivity index (χ3n) is 6.74. The van der Waals surface area contributed by atoms with Crippen molar-refractivity contribution in [3.05, 3.63) is 112 Å². The van der Waals surface area contributed by atoms with Crippen LogP contribution in [-0.4, -0.2) is 41.1 Å². The van der Waals surface area contributed by atoms with Crippen molar-refractivity contribution in [2.75, 3.05) is 14.2 Å². The lowest BCUT2D eigenvalue weighted by atomic mass is 9.92. The molecular formula is C31H30N4O5S. The zero-order valence-electron chi connectivity index (χ0n) is 23.0. The number of nitrogens with zero attached hydrogens (tertiary/aromatic N) is 3. The molecule has 0 fully saturated rings. The molecule has 1 N–H and O–H groups in total. The molecule has 0 saturated carbocycles. The van der Waals surface area contributed by atoms with E-state index in [4.69, 9.17) is 19.2 Å². The highest BCUT2D eigenvalue weighted by atomic mass is 32.2. The molecule has 0 saturated heterocycles. The quantitative estimate of drug-likeness (QED) is 0.335. The van der Waals surface area contributed by atoms with Gasteiger partial charge in [-0.3, -0.25) is 9.78 Å². The lowest BCUT2D eigenvalue weighted by molar-refractivity contribution is -0.141. The number of benzene rings is 2. The number of hydrogen-bond donors (Lipinski definition) is 1. The maximum absolute atomic E-state index is 13.7. The monoisotopic (exact) mass is 570 g/mol. The Morgan fingerprint density at radius 1 is 0.976 bits per heavy atom. The van der Waals surface area contributed by atoms with E-state index in [0.717, 1.165) is 11.1 Å². The Hall–Kier alpha value is -4.57. The summed E-state index contributed by atoms with van der Waals surface area (Å²) >= 11 is 1.41. The van der Waals surface area contributed by atoms with Gasteiger partial charge in [0.15, 0.2) is 16.7 Å². The van der Waals surface area contributed by atoms with Crippen molar-refractivity contribution in [1.82, 2.24) is 15.2 Å². The zero-order valence-corrected chi connectivity index (χ0v) is 23.8. The lowest BCUT2D eigenvalue weighted by Crippen LogP contribution is -2.38. The van der Waals surface area contributed by atoms with Crippen molar-refractivity contribution in [1.29, 1.82) is 0 Å². The van der Waals surface area contributed by atoms with Gasteiger partial charge < -0.3 is 24.4 Å². The van der Waals surface area contributed by atoms with E-state index in [9.17, 15) is 9.59 Å². The minimum absolute atomic E-state index is 0.0886. The van der Waals surface area contributed by atoms with Gasteiger partial charge in [-0.25, -0.2) is 9.79 Å². The van der Waals surface area contributed by atoms with E-state index in [-0.39, 0.29) is 18.9 Å². The van der Waals surface area contributed by atoms with Crippen molar-refractivity contribution in [3.63, 3.8) is 0 Å². The van der Waals surface area contributed by atoms with E-state index in [1.54, 1.807) is 39.6 Å². The van der Waals surface area contributed by atoms with Crippen LogP contribution < -0.4 is 14.8 Å². The molecule has 1 unspecified atom stereocenters. The fourth-order valence-electron chi connectivity index (χ4n) is 4.78. The number of para-hydroxylation sites is 1. The molecule has 3 aromatic rings. The number of hydrogen-bond acceptors (Lipinski definition) is 9. The number of esters is 1. The van der Waals surface area contributed by atoms with Gasteiger partial charge in [-0.05, 0) is 41.7 Å². The molecule has 1 aromatic heterocycles. The molecule has 2 aliphatic heterocycles.